The minimum absolute atomic E-state index is 0.0434. The van der Waals surface area contributed by atoms with Crippen LogP contribution in [0, 0.1) is 0 Å². The van der Waals surface area contributed by atoms with Gasteiger partial charge in [-0.05, 0) is 32.4 Å². The summed E-state index contributed by atoms with van der Waals surface area (Å²) in [5.41, 5.74) is 0.973. The fourth-order valence-electron chi connectivity index (χ4n) is 1.68. The number of hydrogen-bond acceptors (Lipinski definition) is 3. The third-order valence-corrected chi connectivity index (χ3v) is 3.58. The molecule has 0 aliphatic rings. The molecule has 0 bridgehead atoms. The van der Waals surface area contributed by atoms with Crippen molar-refractivity contribution in [1.29, 1.82) is 0 Å². The fourth-order valence-corrected chi connectivity index (χ4v) is 2.06. The smallest absolute Gasteiger partial charge is 0.164 e. The second kappa shape index (κ2) is 6.12. The molecule has 20 heavy (non-hydrogen) atoms. The van der Waals surface area contributed by atoms with Crippen molar-refractivity contribution in [3.8, 4) is 0 Å². The summed E-state index contributed by atoms with van der Waals surface area (Å²) < 4.78 is 1.76. The first-order valence-corrected chi connectivity index (χ1v) is 7.17. The molecule has 0 amide bonds. The van der Waals surface area contributed by atoms with E-state index in [4.69, 9.17) is 23.2 Å². The van der Waals surface area contributed by atoms with E-state index in [0.717, 1.165) is 11.4 Å². The van der Waals surface area contributed by atoms with Crippen LogP contribution in [0.15, 0.2) is 24.5 Å². The van der Waals surface area contributed by atoms with E-state index in [-0.39, 0.29) is 5.54 Å². The molecule has 2 rings (SSSR count). The third kappa shape index (κ3) is 4.20. The van der Waals surface area contributed by atoms with Crippen molar-refractivity contribution in [2.75, 3.05) is 0 Å². The fraction of sp³-hybridized carbons (Fsp3) is 0.429. The number of benzene rings is 1. The Morgan fingerprint density at radius 2 is 2.00 bits per heavy atom. The van der Waals surface area contributed by atoms with Gasteiger partial charge in [0.1, 0.15) is 6.33 Å². The molecule has 0 fully saturated rings. The van der Waals surface area contributed by atoms with Gasteiger partial charge in [-0.25, -0.2) is 9.67 Å². The van der Waals surface area contributed by atoms with Crippen molar-refractivity contribution in [2.24, 2.45) is 0 Å². The van der Waals surface area contributed by atoms with Crippen LogP contribution in [-0.4, -0.2) is 20.3 Å². The summed E-state index contributed by atoms with van der Waals surface area (Å²) in [6.07, 6.45) is 1.71. The molecule has 4 nitrogen and oxygen atoms in total. The molecule has 0 saturated carbocycles. The summed E-state index contributed by atoms with van der Waals surface area (Å²) in [4.78, 5) is 4.28. The zero-order valence-corrected chi connectivity index (χ0v) is 13.3. The van der Waals surface area contributed by atoms with Crippen LogP contribution >= 0.6 is 23.2 Å². The normalized spacial score (nSPS) is 11.8. The van der Waals surface area contributed by atoms with E-state index in [2.05, 4.69) is 36.2 Å². The Labute approximate surface area is 129 Å². The Morgan fingerprint density at radius 1 is 1.25 bits per heavy atom. The molecule has 1 aromatic carbocycles. The Bertz CT molecular complexity index is 587. The van der Waals surface area contributed by atoms with Crippen molar-refractivity contribution in [2.45, 2.75) is 39.4 Å². The van der Waals surface area contributed by atoms with Crippen LogP contribution in [0.3, 0.4) is 0 Å². The van der Waals surface area contributed by atoms with Gasteiger partial charge in [-0.2, -0.15) is 5.10 Å². The van der Waals surface area contributed by atoms with Gasteiger partial charge in [0.05, 0.1) is 23.1 Å². The first-order valence-electron chi connectivity index (χ1n) is 6.41. The maximum Gasteiger partial charge on any atom is 0.164 e. The summed E-state index contributed by atoms with van der Waals surface area (Å²) in [5, 5.41) is 8.89. The molecule has 1 heterocycles. The molecule has 0 unspecified atom stereocenters. The monoisotopic (exact) mass is 312 g/mol. The quantitative estimate of drug-likeness (QED) is 0.939. The van der Waals surface area contributed by atoms with E-state index in [1.54, 1.807) is 17.1 Å². The highest BCUT2D eigenvalue weighted by molar-refractivity contribution is 6.42. The second-order valence-electron chi connectivity index (χ2n) is 5.67. The highest BCUT2D eigenvalue weighted by atomic mass is 35.5. The topological polar surface area (TPSA) is 42.7 Å². The molecule has 1 N–H and O–H groups in total. The Balaban J connectivity index is 2.04. The summed E-state index contributed by atoms with van der Waals surface area (Å²) >= 11 is 12.2. The predicted molar refractivity (Wildman–Crippen MR) is 82.2 cm³/mol. The van der Waals surface area contributed by atoms with Gasteiger partial charge in [0.15, 0.2) is 5.82 Å². The SMILES string of the molecule is CC(C)(C)NCc1ncn(Cc2cccc(Cl)c2Cl)n1. The molecule has 0 aliphatic heterocycles. The van der Waals surface area contributed by atoms with Gasteiger partial charge >= 0.3 is 0 Å². The highest BCUT2D eigenvalue weighted by Gasteiger charge is 2.11. The minimum atomic E-state index is 0.0434. The van der Waals surface area contributed by atoms with Gasteiger partial charge < -0.3 is 5.32 Å². The van der Waals surface area contributed by atoms with Crippen molar-refractivity contribution in [1.82, 2.24) is 20.1 Å². The van der Waals surface area contributed by atoms with E-state index in [9.17, 15) is 0 Å². The van der Waals surface area contributed by atoms with Crippen LogP contribution in [0.5, 0.6) is 0 Å². The molecule has 6 heteroatoms. The average Bonchev–Trinajstić information content (AvgIpc) is 2.80. The predicted octanol–water partition coefficient (Wildman–Crippen LogP) is 3.52. The molecular weight excluding hydrogens is 295 g/mol. The highest BCUT2D eigenvalue weighted by Crippen LogP contribution is 2.25. The summed E-state index contributed by atoms with van der Waals surface area (Å²) in [7, 11) is 0. The Hall–Kier alpha value is -1.10. The third-order valence-electron chi connectivity index (χ3n) is 2.72. The molecule has 0 radical (unpaired) electrons. The summed E-state index contributed by atoms with van der Waals surface area (Å²) in [5.74, 6) is 0.762. The van der Waals surface area contributed by atoms with Gasteiger partial charge in [0, 0.05) is 5.54 Å². The summed E-state index contributed by atoms with van der Waals surface area (Å²) in [6.45, 7) is 7.52. The van der Waals surface area contributed by atoms with Gasteiger partial charge in [-0.1, -0.05) is 35.3 Å². The zero-order valence-electron chi connectivity index (χ0n) is 11.8. The molecule has 108 valence electrons. The molecule has 0 saturated heterocycles. The maximum absolute atomic E-state index is 6.17. The van der Waals surface area contributed by atoms with Gasteiger partial charge in [-0.15, -0.1) is 0 Å². The van der Waals surface area contributed by atoms with Crippen LogP contribution in [0.25, 0.3) is 0 Å². The van der Waals surface area contributed by atoms with Crippen LogP contribution in [-0.2, 0) is 13.1 Å². The Morgan fingerprint density at radius 3 is 2.70 bits per heavy atom. The molecule has 0 spiro atoms. The first-order chi connectivity index (χ1) is 9.35. The second-order valence-corrected chi connectivity index (χ2v) is 6.46. The van der Waals surface area contributed by atoms with Gasteiger partial charge in [-0.3, -0.25) is 0 Å². The average molecular weight is 313 g/mol. The van der Waals surface area contributed by atoms with E-state index in [1.807, 2.05) is 12.1 Å². The van der Waals surface area contributed by atoms with Crippen LogP contribution in [0.1, 0.15) is 32.2 Å². The van der Waals surface area contributed by atoms with Crippen molar-refractivity contribution >= 4 is 23.2 Å². The van der Waals surface area contributed by atoms with E-state index >= 15 is 0 Å². The first kappa shape index (κ1) is 15.3. The van der Waals surface area contributed by atoms with E-state index in [0.29, 0.717) is 23.1 Å². The van der Waals surface area contributed by atoms with Crippen molar-refractivity contribution in [3.63, 3.8) is 0 Å². The Kier molecular flexibility index (Phi) is 4.68. The number of nitrogens with zero attached hydrogens (tertiary/aromatic N) is 3. The van der Waals surface area contributed by atoms with Crippen molar-refractivity contribution in [3.05, 3.63) is 46.0 Å². The van der Waals surface area contributed by atoms with E-state index < -0.39 is 0 Å². The number of hydrogen-bond donors (Lipinski definition) is 1. The molecule has 1 aromatic heterocycles. The summed E-state index contributed by atoms with van der Waals surface area (Å²) in [6, 6.07) is 5.58. The van der Waals surface area contributed by atoms with Crippen LogP contribution < -0.4 is 5.32 Å². The molecule has 0 aliphatic carbocycles. The largest absolute Gasteiger partial charge is 0.305 e. The standard InChI is InChI=1S/C14H18Cl2N4/c1-14(2,3)18-7-12-17-9-20(19-12)8-10-5-4-6-11(15)13(10)16/h4-6,9,18H,7-8H2,1-3H3. The van der Waals surface area contributed by atoms with Crippen LogP contribution in [0.4, 0.5) is 0 Å². The maximum atomic E-state index is 6.17. The lowest BCUT2D eigenvalue weighted by Gasteiger charge is -2.19. The van der Waals surface area contributed by atoms with Crippen molar-refractivity contribution < 1.29 is 0 Å². The van der Waals surface area contributed by atoms with Gasteiger partial charge in [0.25, 0.3) is 0 Å². The lowest BCUT2D eigenvalue weighted by Crippen LogP contribution is -2.35. The van der Waals surface area contributed by atoms with E-state index in [1.165, 1.54) is 0 Å². The lowest BCUT2D eigenvalue weighted by atomic mass is 10.1. The lowest BCUT2D eigenvalue weighted by molar-refractivity contribution is 0.417. The number of halogens is 2. The minimum Gasteiger partial charge on any atom is -0.305 e. The number of nitrogens with one attached hydrogen (secondary N) is 1. The van der Waals surface area contributed by atoms with Crippen LogP contribution in [0.2, 0.25) is 10.0 Å². The molecule has 2 aromatic rings. The number of aromatic nitrogens is 3. The number of rotatable bonds is 4. The molecule has 0 atom stereocenters. The molecular formula is C14H18Cl2N4. The van der Waals surface area contributed by atoms with Gasteiger partial charge in [0.2, 0.25) is 0 Å². The zero-order chi connectivity index (χ0) is 14.8.